The number of hydrogen-bond donors (Lipinski definition) is 2. The van der Waals surface area contributed by atoms with Gasteiger partial charge < -0.3 is 15.5 Å². The Morgan fingerprint density at radius 3 is 2.31 bits per heavy atom. The number of amides is 2. The molecule has 35 heavy (non-hydrogen) atoms. The van der Waals surface area contributed by atoms with E-state index in [2.05, 4.69) is 41.7 Å². The van der Waals surface area contributed by atoms with E-state index in [9.17, 15) is 9.59 Å². The molecule has 0 radical (unpaired) electrons. The van der Waals surface area contributed by atoms with Crippen LogP contribution in [0.5, 0.6) is 0 Å². The van der Waals surface area contributed by atoms with Gasteiger partial charge in [-0.15, -0.1) is 0 Å². The van der Waals surface area contributed by atoms with Gasteiger partial charge in [-0.05, 0) is 59.9 Å². The Bertz CT molecular complexity index is 1190. The van der Waals surface area contributed by atoms with Gasteiger partial charge in [-0.2, -0.15) is 5.10 Å². The van der Waals surface area contributed by atoms with Crippen molar-refractivity contribution < 1.29 is 9.59 Å². The molecule has 1 aliphatic carbocycles. The van der Waals surface area contributed by atoms with Crippen LogP contribution in [0.3, 0.4) is 0 Å². The number of anilines is 2. The van der Waals surface area contributed by atoms with Crippen molar-refractivity contribution in [3.8, 4) is 0 Å². The summed E-state index contributed by atoms with van der Waals surface area (Å²) in [5, 5.41) is 10.6. The number of piperazine rings is 1. The third-order valence-electron chi connectivity index (χ3n) is 7.17. The maximum Gasteiger partial charge on any atom is 0.246 e. The number of aryl methyl sites for hydroxylation is 1. The van der Waals surface area contributed by atoms with E-state index in [-0.39, 0.29) is 17.7 Å². The number of rotatable bonds is 7. The van der Waals surface area contributed by atoms with Gasteiger partial charge in [0.1, 0.15) is 17.9 Å². The number of nitrogens with zero attached hydrogens (tertiary/aromatic N) is 3. The molecule has 7 nitrogen and oxygen atoms in total. The molecule has 0 unspecified atom stereocenters. The summed E-state index contributed by atoms with van der Waals surface area (Å²) >= 11 is 0. The summed E-state index contributed by atoms with van der Waals surface area (Å²) in [6.07, 6.45) is 4.04. The van der Waals surface area contributed by atoms with Crippen molar-refractivity contribution in [2.24, 2.45) is 18.9 Å². The number of benzene rings is 2. The lowest BCUT2D eigenvalue weighted by atomic mass is 9.90. The molecule has 1 fully saturated rings. The van der Waals surface area contributed by atoms with Crippen LogP contribution in [0.1, 0.15) is 37.0 Å². The van der Waals surface area contributed by atoms with E-state index in [1.54, 1.807) is 10.9 Å². The van der Waals surface area contributed by atoms with Crippen molar-refractivity contribution in [3.63, 3.8) is 0 Å². The van der Waals surface area contributed by atoms with E-state index in [1.807, 2.05) is 54.4 Å². The largest absolute Gasteiger partial charge is 0.342 e. The first kappa shape index (κ1) is 23.1. The van der Waals surface area contributed by atoms with Gasteiger partial charge in [0.2, 0.25) is 11.8 Å². The molecule has 1 saturated heterocycles. The van der Waals surface area contributed by atoms with Crippen LogP contribution in [0.2, 0.25) is 0 Å². The van der Waals surface area contributed by atoms with Crippen molar-refractivity contribution >= 4 is 23.3 Å². The van der Waals surface area contributed by atoms with Crippen LogP contribution < -0.4 is 10.6 Å². The Morgan fingerprint density at radius 2 is 1.71 bits per heavy atom. The molecule has 2 N–H and O–H groups in total. The van der Waals surface area contributed by atoms with Crippen molar-refractivity contribution in [2.45, 2.75) is 51.7 Å². The molecular weight excluding hydrogens is 438 g/mol. The van der Waals surface area contributed by atoms with Crippen LogP contribution in [-0.4, -0.2) is 38.6 Å². The predicted molar refractivity (Wildman–Crippen MR) is 136 cm³/mol. The fourth-order valence-corrected chi connectivity index (χ4v) is 5.34. The lowest BCUT2D eigenvalue weighted by Gasteiger charge is -2.41. The highest BCUT2D eigenvalue weighted by Crippen LogP contribution is 2.32. The Hall–Kier alpha value is -3.61. The number of hydrogen-bond acceptors (Lipinski definition) is 4. The van der Waals surface area contributed by atoms with Gasteiger partial charge in [-0.3, -0.25) is 14.3 Å². The minimum Gasteiger partial charge on any atom is -0.342 e. The Labute approximate surface area is 206 Å². The SMILES string of the molecule is CC(C)C[C@@H]1C(=O)N[C@H](C2Cc3ccccc3C2)C(=O)N1Cc1ccc(Nc2ccnn2C)cc1. The van der Waals surface area contributed by atoms with Crippen molar-refractivity contribution in [1.82, 2.24) is 20.0 Å². The van der Waals surface area contributed by atoms with Crippen LogP contribution >= 0.6 is 0 Å². The number of aromatic nitrogens is 2. The molecule has 0 saturated carbocycles. The molecule has 182 valence electrons. The third-order valence-corrected chi connectivity index (χ3v) is 7.17. The van der Waals surface area contributed by atoms with Crippen LogP contribution in [0.4, 0.5) is 11.5 Å². The minimum atomic E-state index is -0.482. The second-order valence-electron chi connectivity index (χ2n) is 10.2. The molecule has 2 atom stereocenters. The average molecular weight is 472 g/mol. The first-order chi connectivity index (χ1) is 16.9. The van der Waals surface area contributed by atoms with Crippen molar-refractivity contribution in [1.29, 1.82) is 0 Å². The second kappa shape index (κ2) is 9.56. The Kier molecular flexibility index (Phi) is 6.32. The van der Waals surface area contributed by atoms with E-state index < -0.39 is 12.1 Å². The highest BCUT2D eigenvalue weighted by Gasteiger charge is 2.45. The fraction of sp³-hybridized carbons (Fsp3) is 0.393. The smallest absolute Gasteiger partial charge is 0.246 e. The number of fused-ring (bicyclic) bond motifs is 1. The van der Waals surface area contributed by atoms with E-state index in [1.165, 1.54) is 11.1 Å². The van der Waals surface area contributed by atoms with Crippen LogP contribution in [0.25, 0.3) is 0 Å². The fourth-order valence-electron chi connectivity index (χ4n) is 5.34. The van der Waals surface area contributed by atoms with Gasteiger partial charge in [0.25, 0.3) is 0 Å². The molecule has 0 spiro atoms. The molecule has 3 aromatic rings. The van der Waals surface area contributed by atoms with E-state index >= 15 is 0 Å². The lowest BCUT2D eigenvalue weighted by Crippen LogP contribution is -2.65. The number of carbonyl (C=O) groups is 2. The van der Waals surface area contributed by atoms with Crippen molar-refractivity contribution in [2.75, 3.05) is 5.32 Å². The predicted octanol–water partition coefficient (Wildman–Crippen LogP) is 3.82. The van der Waals surface area contributed by atoms with Gasteiger partial charge >= 0.3 is 0 Å². The highest BCUT2D eigenvalue weighted by atomic mass is 16.2. The molecule has 5 rings (SSSR count). The first-order valence-corrected chi connectivity index (χ1v) is 12.4. The summed E-state index contributed by atoms with van der Waals surface area (Å²) in [5.74, 6) is 1.30. The monoisotopic (exact) mass is 471 g/mol. The maximum absolute atomic E-state index is 13.8. The summed E-state index contributed by atoms with van der Waals surface area (Å²) < 4.78 is 1.77. The van der Waals surface area contributed by atoms with Gasteiger partial charge in [0, 0.05) is 25.3 Å². The van der Waals surface area contributed by atoms with Crippen LogP contribution in [-0.2, 0) is 36.0 Å². The standard InChI is InChI=1S/C28H33N5O2/c1-18(2)14-24-27(34)31-26(22-15-20-6-4-5-7-21(20)16-22)28(35)33(24)17-19-8-10-23(11-9-19)30-25-12-13-29-32(25)3/h4-13,18,22,24,26,30H,14-17H2,1-3H3,(H,31,34)/t24-,26-/m1/s1. The summed E-state index contributed by atoms with van der Waals surface area (Å²) in [7, 11) is 1.89. The van der Waals surface area contributed by atoms with E-state index in [0.29, 0.717) is 18.9 Å². The van der Waals surface area contributed by atoms with Crippen molar-refractivity contribution in [3.05, 3.63) is 77.5 Å². The molecule has 1 aliphatic heterocycles. The van der Waals surface area contributed by atoms with Gasteiger partial charge in [-0.1, -0.05) is 50.2 Å². The molecule has 2 amide bonds. The summed E-state index contributed by atoms with van der Waals surface area (Å²) in [6.45, 7) is 4.61. The van der Waals surface area contributed by atoms with Gasteiger partial charge in [-0.25, -0.2) is 0 Å². The zero-order valence-electron chi connectivity index (χ0n) is 20.6. The molecule has 2 aliphatic rings. The van der Waals surface area contributed by atoms with E-state index in [0.717, 1.165) is 29.9 Å². The van der Waals surface area contributed by atoms with Crippen LogP contribution in [0.15, 0.2) is 60.8 Å². The van der Waals surface area contributed by atoms with Gasteiger partial charge in [0.15, 0.2) is 0 Å². The first-order valence-electron chi connectivity index (χ1n) is 12.4. The zero-order valence-corrected chi connectivity index (χ0v) is 20.6. The lowest BCUT2D eigenvalue weighted by molar-refractivity contribution is -0.152. The molecule has 2 heterocycles. The molecule has 2 aromatic carbocycles. The Morgan fingerprint density at radius 1 is 1.03 bits per heavy atom. The molecular formula is C28H33N5O2. The normalized spacial score (nSPS) is 20.3. The summed E-state index contributed by atoms with van der Waals surface area (Å²) in [4.78, 5) is 28.9. The maximum atomic E-state index is 13.8. The molecule has 7 heteroatoms. The minimum absolute atomic E-state index is 0.0325. The summed E-state index contributed by atoms with van der Waals surface area (Å²) in [6, 6.07) is 17.4. The highest BCUT2D eigenvalue weighted by molar-refractivity contribution is 5.97. The van der Waals surface area contributed by atoms with E-state index in [4.69, 9.17) is 0 Å². The quantitative estimate of drug-likeness (QED) is 0.549. The second-order valence-corrected chi connectivity index (χ2v) is 10.2. The molecule has 1 aromatic heterocycles. The van der Waals surface area contributed by atoms with Gasteiger partial charge in [0.05, 0.1) is 6.20 Å². The average Bonchev–Trinajstić information content (AvgIpc) is 3.45. The Balaban J connectivity index is 1.34. The molecule has 0 bridgehead atoms. The zero-order chi connectivity index (χ0) is 24.5. The van der Waals surface area contributed by atoms with Crippen LogP contribution in [0, 0.1) is 11.8 Å². The third kappa shape index (κ3) is 4.81. The summed E-state index contributed by atoms with van der Waals surface area (Å²) in [5.41, 5.74) is 4.52. The number of carbonyl (C=O) groups excluding carboxylic acids is 2. The topological polar surface area (TPSA) is 79.3 Å². The number of nitrogens with one attached hydrogen (secondary N) is 2.